The lowest BCUT2D eigenvalue weighted by Gasteiger charge is -2.15. The molecule has 1 aromatic heterocycles. The van der Waals surface area contributed by atoms with Crippen LogP contribution in [0.15, 0.2) is 48.5 Å². The van der Waals surface area contributed by atoms with Gasteiger partial charge in [-0.15, -0.1) is 0 Å². The minimum Gasteiger partial charge on any atom is -0.350 e. The summed E-state index contributed by atoms with van der Waals surface area (Å²) in [5.41, 5.74) is 2.73. The minimum atomic E-state index is -0.0622. The number of aromatic nitrogens is 1. The van der Waals surface area contributed by atoms with Crippen molar-refractivity contribution in [2.45, 2.75) is 19.4 Å². The Kier molecular flexibility index (Phi) is 5.25. The first-order valence-electron chi connectivity index (χ1n) is 9.32. The van der Waals surface area contributed by atoms with Gasteiger partial charge in [0.25, 0.3) is 0 Å². The van der Waals surface area contributed by atoms with E-state index in [0.717, 1.165) is 39.4 Å². The molecule has 3 aromatic rings. The fourth-order valence-corrected chi connectivity index (χ4v) is 3.78. The van der Waals surface area contributed by atoms with Crippen LogP contribution in [-0.2, 0) is 16.1 Å². The van der Waals surface area contributed by atoms with Gasteiger partial charge in [0.2, 0.25) is 11.8 Å². The number of amides is 2. The molecule has 1 saturated carbocycles. The first-order chi connectivity index (χ1) is 13.6. The van der Waals surface area contributed by atoms with Gasteiger partial charge >= 0.3 is 0 Å². The second kappa shape index (κ2) is 7.98. The SMILES string of the molecule is CN(CC(=O)NCc1ccc(NC(=O)C2CC2)cc1)c1nc2ccccc2s1. The normalized spacial score (nSPS) is 13.3. The van der Waals surface area contributed by atoms with Crippen LogP contribution in [0.2, 0.25) is 0 Å². The Hall–Kier alpha value is -2.93. The average molecular weight is 395 g/mol. The molecule has 0 radical (unpaired) electrons. The molecule has 4 rings (SSSR count). The molecule has 1 aliphatic carbocycles. The number of carbonyl (C=O) groups is 2. The predicted octanol–water partition coefficient (Wildman–Crippen LogP) is 3.40. The molecule has 0 saturated heterocycles. The van der Waals surface area contributed by atoms with Crippen molar-refractivity contribution in [3.8, 4) is 0 Å². The van der Waals surface area contributed by atoms with Crippen LogP contribution < -0.4 is 15.5 Å². The Morgan fingerprint density at radius 1 is 1.14 bits per heavy atom. The molecule has 2 amide bonds. The van der Waals surface area contributed by atoms with Gasteiger partial charge in [-0.1, -0.05) is 35.6 Å². The monoisotopic (exact) mass is 394 g/mol. The number of likely N-dealkylation sites (N-methyl/N-ethyl adjacent to an activating group) is 1. The van der Waals surface area contributed by atoms with Gasteiger partial charge in [-0.05, 0) is 42.7 Å². The van der Waals surface area contributed by atoms with Gasteiger partial charge in [-0.3, -0.25) is 9.59 Å². The molecule has 1 fully saturated rings. The van der Waals surface area contributed by atoms with Crippen LogP contribution in [0.25, 0.3) is 10.2 Å². The number of fused-ring (bicyclic) bond motifs is 1. The van der Waals surface area contributed by atoms with Crippen molar-refractivity contribution in [2.24, 2.45) is 5.92 Å². The van der Waals surface area contributed by atoms with E-state index in [1.54, 1.807) is 11.3 Å². The summed E-state index contributed by atoms with van der Waals surface area (Å²) in [6.07, 6.45) is 1.98. The van der Waals surface area contributed by atoms with Crippen molar-refractivity contribution in [1.82, 2.24) is 10.3 Å². The maximum absolute atomic E-state index is 12.3. The first-order valence-corrected chi connectivity index (χ1v) is 10.1. The molecular weight excluding hydrogens is 372 g/mol. The van der Waals surface area contributed by atoms with Crippen molar-refractivity contribution in [1.29, 1.82) is 0 Å². The second-order valence-electron chi connectivity index (χ2n) is 7.06. The predicted molar refractivity (Wildman–Crippen MR) is 113 cm³/mol. The number of anilines is 2. The van der Waals surface area contributed by atoms with Crippen molar-refractivity contribution >= 4 is 44.2 Å². The molecule has 0 atom stereocenters. The quantitative estimate of drug-likeness (QED) is 0.644. The minimum absolute atomic E-state index is 0.0622. The topological polar surface area (TPSA) is 74.3 Å². The zero-order valence-electron chi connectivity index (χ0n) is 15.6. The Labute approximate surface area is 167 Å². The summed E-state index contributed by atoms with van der Waals surface area (Å²) in [5.74, 6) is 0.221. The standard InChI is InChI=1S/C21H22N4O2S/c1-25(21-24-17-4-2-3-5-18(17)28-21)13-19(26)22-12-14-6-10-16(11-7-14)23-20(27)15-8-9-15/h2-7,10-11,15H,8-9,12-13H2,1H3,(H,22,26)(H,23,27). The number of thiazole rings is 1. The molecule has 0 unspecified atom stereocenters. The van der Waals surface area contributed by atoms with Crippen LogP contribution in [0.3, 0.4) is 0 Å². The number of para-hydroxylation sites is 1. The third-order valence-electron chi connectivity index (χ3n) is 4.65. The van der Waals surface area contributed by atoms with E-state index in [2.05, 4.69) is 15.6 Å². The van der Waals surface area contributed by atoms with Crippen LogP contribution in [0.5, 0.6) is 0 Å². The number of hydrogen-bond donors (Lipinski definition) is 2. The maximum Gasteiger partial charge on any atom is 0.239 e. The lowest BCUT2D eigenvalue weighted by molar-refractivity contribution is -0.120. The Morgan fingerprint density at radius 3 is 2.61 bits per heavy atom. The molecule has 0 spiro atoms. The lowest BCUT2D eigenvalue weighted by Crippen LogP contribution is -2.34. The van der Waals surface area contributed by atoms with E-state index in [9.17, 15) is 9.59 Å². The summed E-state index contributed by atoms with van der Waals surface area (Å²) < 4.78 is 1.11. The molecule has 6 nitrogen and oxygen atoms in total. The summed E-state index contributed by atoms with van der Waals surface area (Å²) >= 11 is 1.57. The van der Waals surface area contributed by atoms with E-state index in [4.69, 9.17) is 0 Å². The van der Waals surface area contributed by atoms with Gasteiger partial charge in [0.1, 0.15) is 0 Å². The van der Waals surface area contributed by atoms with Gasteiger partial charge in [0.05, 0.1) is 16.8 Å². The smallest absolute Gasteiger partial charge is 0.239 e. The number of nitrogens with one attached hydrogen (secondary N) is 2. The van der Waals surface area contributed by atoms with Crippen LogP contribution in [0.1, 0.15) is 18.4 Å². The zero-order chi connectivity index (χ0) is 19.5. The summed E-state index contributed by atoms with van der Waals surface area (Å²) in [6.45, 7) is 0.693. The highest BCUT2D eigenvalue weighted by molar-refractivity contribution is 7.22. The van der Waals surface area contributed by atoms with Gasteiger partial charge in [-0.2, -0.15) is 0 Å². The fraction of sp³-hybridized carbons (Fsp3) is 0.286. The summed E-state index contributed by atoms with van der Waals surface area (Å²) in [4.78, 5) is 30.5. The Balaban J connectivity index is 1.27. The van der Waals surface area contributed by atoms with Crippen molar-refractivity contribution in [3.05, 3.63) is 54.1 Å². The highest BCUT2D eigenvalue weighted by Gasteiger charge is 2.29. The summed E-state index contributed by atoms with van der Waals surface area (Å²) in [6, 6.07) is 15.5. The van der Waals surface area contributed by atoms with E-state index in [1.807, 2.05) is 60.5 Å². The molecule has 2 aromatic carbocycles. The lowest BCUT2D eigenvalue weighted by atomic mass is 10.2. The molecule has 1 heterocycles. The van der Waals surface area contributed by atoms with E-state index < -0.39 is 0 Å². The van der Waals surface area contributed by atoms with Crippen molar-refractivity contribution in [3.63, 3.8) is 0 Å². The Bertz CT molecular complexity index is 962. The van der Waals surface area contributed by atoms with Crippen LogP contribution in [-0.4, -0.2) is 30.4 Å². The summed E-state index contributed by atoms with van der Waals surface area (Å²) in [7, 11) is 1.87. The molecule has 1 aliphatic rings. The third kappa shape index (κ3) is 4.48. The van der Waals surface area contributed by atoms with Gasteiger partial charge in [-0.25, -0.2) is 4.98 Å². The Morgan fingerprint density at radius 2 is 1.89 bits per heavy atom. The van der Waals surface area contributed by atoms with Crippen molar-refractivity contribution in [2.75, 3.05) is 23.8 Å². The molecule has 7 heteroatoms. The number of benzene rings is 2. The molecule has 144 valence electrons. The molecular formula is C21H22N4O2S. The summed E-state index contributed by atoms with van der Waals surface area (Å²) in [5, 5.41) is 6.67. The highest BCUT2D eigenvalue weighted by Crippen LogP contribution is 2.30. The molecule has 0 aliphatic heterocycles. The molecule has 28 heavy (non-hydrogen) atoms. The number of hydrogen-bond acceptors (Lipinski definition) is 5. The second-order valence-corrected chi connectivity index (χ2v) is 8.07. The van der Waals surface area contributed by atoms with E-state index in [1.165, 1.54) is 0 Å². The fourth-order valence-electron chi connectivity index (χ4n) is 2.86. The van der Waals surface area contributed by atoms with Gasteiger partial charge in [0, 0.05) is 25.2 Å². The largest absolute Gasteiger partial charge is 0.350 e. The first kappa shape index (κ1) is 18.4. The van der Waals surface area contributed by atoms with Gasteiger partial charge in [0.15, 0.2) is 5.13 Å². The van der Waals surface area contributed by atoms with Crippen LogP contribution in [0.4, 0.5) is 10.8 Å². The average Bonchev–Trinajstić information content (AvgIpc) is 3.46. The van der Waals surface area contributed by atoms with Crippen LogP contribution in [0, 0.1) is 5.92 Å². The number of rotatable bonds is 7. The number of nitrogens with zero attached hydrogens (tertiary/aromatic N) is 2. The number of carbonyl (C=O) groups excluding carboxylic acids is 2. The van der Waals surface area contributed by atoms with E-state index >= 15 is 0 Å². The maximum atomic E-state index is 12.3. The third-order valence-corrected chi connectivity index (χ3v) is 5.80. The van der Waals surface area contributed by atoms with Crippen molar-refractivity contribution < 1.29 is 9.59 Å². The molecule has 0 bridgehead atoms. The molecule has 2 N–H and O–H groups in total. The van der Waals surface area contributed by atoms with Gasteiger partial charge < -0.3 is 15.5 Å². The van der Waals surface area contributed by atoms with E-state index in [-0.39, 0.29) is 24.3 Å². The van der Waals surface area contributed by atoms with E-state index in [0.29, 0.717) is 6.54 Å². The zero-order valence-corrected chi connectivity index (χ0v) is 16.5. The van der Waals surface area contributed by atoms with Crippen LogP contribution >= 0.6 is 11.3 Å². The highest BCUT2D eigenvalue weighted by atomic mass is 32.1.